The SMILES string of the molecule is O=C(NCCCN1C(=O)[C@H]2[C@H](C1=O)[C@H]1C=C[C@H]2C1)[C@@H]1C[C@H]2CC[C@H]1C2. The molecule has 5 rings (SSSR count). The van der Waals surface area contributed by atoms with Gasteiger partial charge < -0.3 is 5.32 Å². The Kier molecular flexibility index (Phi) is 3.54. The summed E-state index contributed by atoms with van der Waals surface area (Å²) >= 11 is 0. The molecule has 0 unspecified atom stereocenters. The first-order valence-electron chi connectivity index (χ1n) is 9.94. The highest BCUT2D eigenvalue weighted by Crippen LogP contribution is 2.52. The Balaban J connectivity index is 1.11. The van der Waals surface area contributed by atoms with Crippen LogP contribution in [0.1, 0.15) is 38.5 Å². The fourth-order valence-electron chi connectivity index (χ4n) is 6.33. The molecule has 0 radical (unpaired) electrons. The lowest BCUT2D eigenvalue weighted by atomic mass is 9.85. The third kappa shape index (κ3) is 2.31. The third-order valence-corrected chi connectivity index (χ3v) is 7.49. The number of rotatable bonds is 5. The summed E-state index contributed by atoms with van der Waals surface area (Å²) in [5.74, 6) is 2.12. The van der Waals surface area contributed by atoms with Crippen molar-refractivity contribution in [3.63, 3.8) is 0 Å². The maximum absolute atomic E-state index is 12.6. The van der Waals surface area contributed by atoms with Crippen molar-refractivity contribution in [2.45, 2.75) is 38.5 Å². The molecule has 25 heavy (non-hydrogen) atoms. The second-order valence-corrected chi connectivity index (χ2v) is 8.75. The molecule has 5 nitrogen and oxygen atoms in total. The molecule has 0 aromatic rings. The average Bonchev–Trinajstić information content (AvgIpc) is 3.40. The van der Waals surface area contributed by atoms with Crippen LogP contribution in [0.15, 0.2) is 12.2 Å². The minimum atomic E-state index is -0.105. The van der Waals surface area contributed by atoms with E-state index in [1.54, 1.807) is 0 Å². The van der Waals surface area contributed by atoms with Crippen molar-refractivity contribution >= 4 is 17.7 Å². The normalized spacial score (nSPS) is 43.4. The second kappa shape index (κ2) is 5.68. The van der Waals surface area contributed by atoms with Crippen molar-refractivity contribution in [3.8, 4) is 0 Å². The van der Waals surface area contributed by atoms with Gasteiger partial charge in [0.25, 0.3) is 0 Å². The van der Waals surface area contributed by atoms with E-state index < -0.39 is 0 Å². The molecule has 0 spiro atoms. The number of nitrogens with zero attached hydrogens (tertiary/aromatic N) is 1. The Morgan fingerprint density at radius 1 is 1.04 bits per heavy atom. The highest BCUT2D eigenvalue weighted by atomic mass is 16.2. The van der Waals surface area contributed by atoms with E-state index in [2.05, 4.69) is 17.5 Å². The van der Waals surface area contributed by atoms with Crippen molar-refractivity contribution in [2.24, 2.45) is 41.4 Å². The number of hydrogen-bond donors (Lipinski definition) is 1. The van der Waals surface area contributed by atoms with Gasteiger partial charge in [0.1, 0.15) is 0 Å². The molecule has 3 saturated carbocycles. The van der Waals surface area contributed by atoms with Gasteiger partial charge in [-0.25, -0.2) is 0 Å². The molecule has 3 amide bonds. The number of amides is 3. The molecule has 134 valence electrons. The predicted octanol–water partition coefficient (Wildman–Crippen LogP) is 1.74. The summed E-state index contributed by atoms with van der Waals surface area (Å²) in [5, 5.41) is 3.04. The first-order valence-corrected chi connectivity index (χ1v) is 9.94. The summed E-state index contributed by atoms with van der Waals surface area (Å²) in [6.45, 7) is 1.01. The first kappa shape index (κ1) is 15.6. The molecule has 4 bridgehead atoms. The highest BCUT2D eigenvalue weighted by molar-refractivity contribution is 6.06. The van der Waals surface area contributed by atoms with E-state index in [9.17, 15) is 14.4 Å². The number of likely N-dealkylation sites (tertiary alicyclic amines) is 1. The van der Waals surface area contributed by atoms with Crippen molar-refractivity contribution in [1.29, 1.82) is 0 Å². The second-order valence-electron chi connectivity index (χ2n) is 8.75. The van der Waals surface area contributed by atoms with Crippen LogP contribution in [-0.4, -0.2) is 35.7 Å². The lowest BCUT2D eigenvalue weighted by Gasteiger charge is -2.21. The Morgan fingerprint density at radius 2 is 1.76 bits per heavy atom. The van der Waals surface area contributed by atoms with Crippen molar-refractivity contribution in [3.05, 3.63) is 12.2 Å². The molecule has 4 fully saturated rings. The maximum atomic E-state index is 12.6. The quantitative estimate of drug-likeness (QED) is 0.470. The van der Waals surface area contributed by atoms with Gasteiger partial charge in [0, 0.05) is 19.0 Å². The van der Waals surface area contributed by atoms with Gasteiger partial charge in [-0.2, -0.15) is 0 Å². The van der Waals surface area contributed by atoms with Crippen LogP contribution in [0.5, 0.6) is 0 Å². The molecule has 5 heteroatoms. The Bertz CT molecular complexity index is 627. The van der Waals surface area contributed by atoms with Crippen molar-refractivity contribution < 1.29 is 14.4 Å². The Labute approximate surface area is 148 Å². The zero-order valence-electron chi connectivity index (χ0n) is 14.5. The predicted molar refractivity (Wildman–Crippen MR) is 91.0 cm³/mol. The van der Waals surface area contributed by atoms with E-state index in [0.717, 1.165) is 18.8 Å². The molecule has 1 N–H and O–H groups in total. The standard InChI is InChI=1S/C20H26N2O3/c23-18(15-9-11-2-3-12(15)8-11)21-6-1-7-22-19(24)16-13-4-5-14(10-13)17(16)20(22)25/h4-5,11-17H,1-3,6-10H2,(H,21,23)/t11-,12-,13-,14-,15+,16+,17+/m0/s1. The summed E-state index contributed by atoms with van der Waals surface area (Å²) in [4.78, 5) is 39.0. The molecule has 1 aliphatic heterocycles. The molecule has 1 heterocycles. The minimum Gasteiger partial charge on any atom is -0.356 e. The summed E-state index contributed by atoms with van der Waals surface area (Å²) < 4.78 is 0. The van der Waals surface area contributed by atoms with Crippen molar-refractivity contribution in [2.75, 3.05) is 13.1 Å². The largest absolute Gasteiger partial charge is 0.356 e. The molecule has 0 aromatic carbocycles. The summed E-state index contributed by atoms with van der Waals surface area (Å²) in [6, 6.07) is 0. The number of fused-ring (bicyclic) bond motifs is 7. The molecule has 0 aromatic heterocycles. The molecular weight excluding hydrogens is 316 g/mol. The van der Waals surface area contributed by atoms with Crippen LogP contribution in [0.3, 0.4) is 0 Å². The van der Waals surface area contributed by atoms with E-state index in [1.807, 2.05) is 0 Å². The summed E-state index contributed by atoms with van der Waals surface area (Å²) in [7, 11) is 0. The van der Waals surface area contributed by atoms with Gasteiger partial charge in [-0.05, 0) is 55.8 Å². The third-order valence-electron chi connectivity index (χ3n) is 7.49. The smallest absolute Gasteiger partial charge is 0.233 e. The Morgan fingerprint density at radius 3 is 2.36 bits per heavy atom. The number of allylic oxidation sites excluding steroid dienone is 2. The van der Waals surface area contributed by atoms with Crippen LogP contribution in [0.25, 0.3) is 0 Å². The van der Waals surface area contributed by atoms with Crippen molar-refractivity contribution in [1.82, 2.24) is 10.2 Å². The fourth-order valence-corrected chi connectivity index (χ4v) is 6.33. The topological polar surface area (TPSA) is 66.5 Å². The summed E-state index contributed by atoms with van der Waals surface area (Å²) in [6.07, 6.45) is 10.7. The molecule has 4 aliphatic carbocycles. The van der Waals surface area contributed by atoms with Gasteiger partial charge in [0.05, 0.1) is 11.8 Å². The number of carbonyl (C=O) groups is 3. The van der Waals surface area contributed by atoms with Crippen LogP contribution >= 0.6 is 0 Å². The number of hydrogen-bond acceptors (Lipinski definition) is 3. The zero-order chi connectivity index (χ0) is 17.1. The molecule has 1 saturated heterocycles. The molecule has 5 aliphatic rings. The van der Waals surface area contributed by atoms with Crippen LogP contribution in [0.4, 0.5) is 0 Å². The van der Waals surface area contributed by atoms with Crippen LogP contribution < -0.4 is 5.32 Å². The molecule has 7 atom stereocenters. The number of imide groups is 1. The maximum Gasteiger partial charge on any atom is 0.233 e. The lowest BCUT2D eigenvalue weighted by molar-refractivity contribution is -0.140. The van der Waals surface area contributed by atoms with Gasteiger partial charge in [0.15, 0.2) is 0 Å². The van der Waals surface area contributed by atoms with Crippen LogP contribution in [-0.2, 0) is 14.4 Å². The van der Waals surface area contributed by atoms with Crippen LogP contribution in [0, 0.1) is 41.4 Å². The van der Waals surface area contributed by atoms with Gasteiger partial charge in [0.2, 0.25) is 17.7 Å². The Hall–Kier alpha value is -1.65. The van der Waals surface area contributed by atoms with Crippen LogP contribution in [0.2, 0.25) is 0 Å². The van der Waals surface area contributed by atoms with E-state index in [0.29, 0.717) is 25.4 Å². The van der Waals surface area contributed by atoms with E-state index in [1.165, 1.54) is 24.2 Å². The van der Waals surface area contributed by atoms with Gasteiger partial charge in [-0.1, -0.05) is 18.6 Å². The summed E-state index contributed by atoms with van der Waals surface area (Å²) in [5.41, 5.74) is 0. The van der Waals surface area contributed by atoms with E-state index in [4.69, 9.17) is 0 Å². The number of nitrogens with one attached hydrogen (secondary N) is 1. The number of carbonyl (C=O) groups excluding carboxylic acids is 3. The van der Waals surface area contributed by atoms with E-state index in [-0.39, 0.29) is 47.3 Å². The highest BCUT2D eigenvalue weighted by Gasteiger charge is 2.58. The molecular formula is C20H26N2O3. The fraction of sp³-hybridized carbons (Fsp3) is 0.750. The zero-order valence-corrected chi connectivity index (χ0v) is 14.5. The minimum absolute atomic E-state index is 0.0197. The average molecular weight is 342 g/mol. The van der Waals surface area contributed by atoms with Gasteiger partial charge >= 0.3 is 0 Å². The first-order chi connectivity index (χ1) is 12.1. The lowest BCUT2D eigenvalue weighted by Crippen LogP contribution is -2.38. The van der Waals surface area contributed by atoms with E-state index >= 15 is 0 Å². The van der Waals surface area contributed by atoms with Gasteiger partial charge in [-0.3, -0.25) is 19.3 Å². The van der Waals surface area contributed by atoms with Gasteiger partial charge in [-0.15, -0.1) is 0 Å². The monoisotopic (exact) mass is 342 g/mol.